The van der Waals surface area contributed by atoms with E-state index in [4.69, 9.17) is 9.72 Å². The maximum Gasteiger partial charge on any atom is 0.207 e. The summed E-state index contributed by atoms with van der Waals surface area (Å²) in [5.74, 6) is 1.93. The Morgan fingerprint density at radius 3 is 2.81 bits per heavy atom. The largest absolute Gasteiger partial charge is 0.492 e. The number of hydrogen-bond acceptors (Lipinski definition) is 3. The third-order valence-electron chi connectivity index (χ3n) is 4.60. The van der Waals surface area contributed by atoms with E-state index < -0.39 is 0 Å². The molecule has 0 saturated heterocycles. The van der Waals surface area contributed by atoms with Gasteiger partial charge >= 0.3 is 0 Å². The maximum atomic E-state index is 10.4. The van der Waals surface area contributed by atoms with Crippen LogP contribution in [-0.2, 0) is 17.8 Å². The molecule has 0 spiro atoms. The van der Waals surface area contributed by atoms with Gasteiger partial charge in [-0.3, -0.25) is 4.79 Å². The van der Waals surface area contributed by atoms with Crippen molar-refractivity contribution < 1.29 is 9.53 Å². The second-order valence-corrected chi connectivity index (χ2v) is 6.44. The van der Waals surface area contributed by atoms with Gasteiger partial charge < -0.3 is 14.6 Å². The lowest BCUT2D eigenvalue weighted by Crippen LogP contribution is -2.15. The molecular weight excluding hydrogens is 326 g/mol. The number of nitrogens with zero attached hydrogens (tertiary/aromatic N) is 2. The number of carbonyl (C=O) groups excluding carboxylic acids is 1. The van der Waals surface area contributed by atoms with Crippen molar-refractivity contribution in [1.29, 1.82) is 0 Å². The van der Waals surface area contributed by atoms with Crippen molar-refractivity contribution in [3.05, 3.63) is 59.4 Å². The highest BCUT2D eigenvalue weighted by Gasteiger charge is 2.10. The number of amides is 1. The lowest BCUT2D eigenvalue weighted by molar-refractivity contribution is -0.109. The molecule has 1 N–H and O–H groups in total. The van der Waals surface area contributed by atoms with Crippen molar-refractivity contribution in [2.24, 2.45) is 0 Å². The first kappa shape index (κ1) is 18.0. The highest BCUT2D eigenvalue weighted by Crippen LogP contribution is 2.19. The number of rotatable bonds is 9. The number of aromatic nitrogens is 2. The van der Waals surface area contributed by atoms with E-state index in [0.29, 0.717) is 13.2 Å². The Bertz CT molecular complexity index is 886. The second kappa shape index (κ2) is 8.52. The molecule has 1 amide bonds. The molecule has 0 aliphatic heterocycles. The van der Waals surface area contributed by atoms with Gasteiger partial charge in [0.15, 0.2) is 0 Å². The smallest absolute Gasteiger partial charge is 0.207 e. The van der Waals surface area contributed by atoms with Crippen LogP contribution in [0.15, 0.2) is 42.5 Å². The first-order valence-electron chi connectivity index (χ1n) is 9.00. The Hall–Kier alpha value is -2.82. The highest BCUT2D eigenvalue weighted by atomic mass is 16.5. The Kier molecular flexibility index (Phi) is 5.89. The van der Waals surface area contributed by atoms with Crippen LogP contribution in [0.3, 0.4) is 0 Å². The van der Waals surface area contributed by atoms with E-state index in [2.05, 4.69) is 41.9 Å². The zero-order valence-corrected chi connectivity index (χ0v) is 15.4. The number of para-hydroxylation sites is 2. The van der Waals surface area contributed by atoms with Crippen LogP contribution in [0.4, 0.5) is 0 Å². The molecule has 1 aromatic heterocycles. The van der Waals surface area contributed by atoms with E-state index >= 15 is 0 Å². The predicted octanol–water partition coefficient (Wildman–Crippen LogP) is 3.41. The minimum Gasteiger partial charge on any atom is -0.492 e. The van der Waals surface area contributed by atoms with Gasteiger partial charge in [-0.05, 0) is 55.7 Å². The summed E-state index contributed by atoms with van der Waals surface area (Å²) in [6.07, 6.45) is 2.42. The maximum absolute atomic E-state index is 10.4. The van der Waals surface area contributed by atoms with Crippen LogP contribution in [0.25, 0.3) is 11.0 Å². The van der Waals surface area contributed by atoms with Gasteiger partial charge in [0.25, 0.3) is 0 Å². The molecule has 2 aromatic carbocycles. The van der Waals surface area contributed by atoms with Crippen LogP contribution in [0.2, 0.25) is 0 Å². The van der Waals surface area contributed by atoms with Gasteiger partial charge in [-0.15, -0.1) is 0 Å². The zero-order chi connectivity index (χ0) is 18.4. The molecule has 0 aliphatic carbocycles. The number of carbonyl (C=O) groups is 1. The van der Waals surface area contributed by atoms with Crippen molar-refractivity contribution in [2.45, 2.75) is 33.2 Å². The molecule has 0 aliphatic rings. The van der Waals surface area contributed by atoms with Crippen LogP contribution in [0.5, 0.6) is 5.75 Å². The van der Waals surface area contributed by atoms with Crippen molar-refractivity contribution in [2.75, 3.05) is 13.2 Å². The monoisotopic (exact) mass is 351 g/mol. The highest BCUT2D eigenvalue weighted by molar-refractivity contribution is 5.75. The Morgan fingerprint density at radius 2 is 2.00 bits per heavy atom. The van der Waals surface area contributed by atoms with Gasteiger partial charge in [0.1, 0.15) is 18.2 Å². The second-order valence-electron chi connectivity index (χ2n) is 6.44. The quantitative estimate of drug-likeness (QED) is 0.475. The molecule has 0 fully saturated rings. The van der Waals surface area contributed by atoms with Crippen molar-refractivity contribution in [3.8, 4) is 5.75 Å². The molecule has 26 heavy (non-hydrogen) atoms. The fourth-order valence-corrected chi connectivity index (χ4v) is 3.03. The van der Waals surface area contributed by atoms with Gasteiger partial charge in [-0.1, -0.05) is 18.2 Å². The van der Waals surface area contributed by atoms with Crippen LogP contribution in [-0.4, -0.2) is 29.1 Å². The average molecular weight is 351 g/mol. The van der Waals surface area contributed by atoms with Gasteiger partial charge in [0.2, 0.25) is 6.41 Å². The third kappa shape index (κ3) is 4.23. The minimum absolute atomic E-state index is 0.586. The molecule has 0 bridgehead atoms. The number of benzene rings is 2. The topological polar surface area (TPSA) is 56.1 Å². The van der Waals surface area contributed by atoms with Gasteiger partial charge in [0, 0.05) is 13.0 Å². The number of ether oxygens (including phenoxy) is 1. The van der Waals surface area contributed by atoms with Crippen LogP contribution in [0, 0.1) is 13.8 Å². The van der Waals surface area contributed by atoms with Crippen LogP contribution in [0.1, 0.15) is 23.4 Å². The number of hydrogen-bond donors (Lipinski definition) is 1. The van der Waals surface area contributed by atoms with Crippen molar-refractivity contribution in [1.82, 2.24) is 14.9 Å². The summed E-state index contributed by atoms with van der Waals surface area (Å²) in [7, 11) is 0. The first-order valence-corrected chi connectivity index (χ1v) is 9.00. The molecule has 5 nitrogen and oxygen atoms in total. The minimum atomic E-state index is 0.586. The molecule has 0 unspecified atom stereocenters. The lowest BCUT2D eigenvalue weighted by Gasteiger charge is -2.12. The Morgan fingerprint density at radius 1 is 1.15 bits per heavy atom. The third-order valence-corrected chi connectivity index (χ3v) is 4.60. The normalized spacial score (nSPS) is 10.8. The fraction of sp³-hybridized carbons (Fsp3) is 0.333. The summed E-state index contributed by atoms with van der Waals surface area (Å²) in [6, 6.07) is 14.3. The molecule has 5 heteroatoms. The summed E-state index contributed by atoms with van der Waals surface area (Å²) in [5.41, 5.74) is 4.62. The number of nitrogens with one attached hydrogen (secondary N) is 1. The Labute approximate surface area is 154 Å². The van der Waals surface area contributed by atoms with Gasteiger partial charge in [0.05, 0.1) is 17.6 Å². The summed E-state index contributed by atoms with van der Waals surface area (Å²) >= 11 is 0. The summed E-state index contributed by atoms with van der Waals surface area (Å²) in [4.78, 5) is 15.1. The SMILES string of the molecule is Cc1ccc(OCCn2c(CCCNC=O)nc3ccccc32)cc1C. The lowest BCUT2D eigenvalue weighted by atomic mass is 10.1. The number of aryl methyl sites for hydroxylation is 3. The summed E-state index contributed by atoms with van der Waals surface area (Å²) in [6.45, 7) is 6.18. The Balaban J connectivity index is 1.70. The van der Waals surface area contributed by atoms with E-state index in [0.717, 1.165) is 48.4 Å². The predicted molar refractivity (Wildman–Crippen MR) is 104 cm³/mol. The number of imidazole rings is 1. The molecule has 0 radical (unpaired) electrons. The van der Waals surface area contributed by atoms with Crippen molar-refractivity contribution >= 4 is 17.4 Å². The molecule has 3 rings (SSSR count). The van der Waals surface area contributed by atoms with Crippen LogP contribution < -0.4 is 10.1 Å². The average Bonchev–Trinajstić information content (AvgIpc) is 2.99. The van der Waals surface area contributed by atoms with Crippen molar-refractivity contribution in [3.63, 3.8) is 0 Å². The van der Waals surface area contributed by atoms with Gasteiger partial charge in [-0.2, -0.15) is 0 Å². The summed E-state index contributed by atoms with van der Waals surface area (Å²) < 4.78 is 8.17. The number of fused-ring (bicyclic) bond motifs is 1. The van der Waals surface area contributed by atoms with E-state index in [9.17, 15) is 4.79 Å². The van der Waals surface area contributed by atoms with E-state index in [1.165, 1.54) is 11.1 Å². The van der Waals surface area contributed by atoms with Crippen LogP contribution >= 0.6 is 0 Å². The standard InChI is InChI=1S/C21H25N3O2/c1-16-9-10-18(14-17(16)2)26-13-12-24-20-7-4-3-6-19(20)23-21(24)8-5-11-22-15-25/h3-4,6-7,9-10,14-15H,5,8,11-13H2,1-2H3,(H,22,25). The van der Waals surface area contributed by atoms with E-state index in [1.54, 1.807) is 0 Å². The van der Waals surface area contributed by atoms with Gasteiger partial charge in [-0.25, -0.2) is 4.98 Å². The fourth-order valence-electron chi connectivity index (χ4n) is 3.03. The first-order chi connectivity index (χ1) is 12.7. The molecule has 136 valence electrons. The van der Waals surface area contributed by atoms with E-state index in [1.807, 2.05) is 24.3 Å². The molecule has 3 aromatic rings. The molecular formula is C21H25N3O2. The molecule has 0 saturated carbocycles. The van der Waals surface area contributed by atoms with E-state index in [-0.39, 0.29) is 0 Å². The molecule has 0 atom stereocenters. The summed E-state index contributed by atoms with van der Waals surface area (Å²) in [5, 5.41) is 2.70. The molecule has 1 heterocycles. The zero-order valence-electron chi connectivity index (χ0n) is 15.4.